The van der Waals surface area contributed by atoms with Crippen LogP contribution in [0.5, 0.6) is 0 Å². The molecular weight excluding hydrogens is 512 g/mol. The minimum Gasteiger partial charge on any atom is -0.352 e. The first kappa shape index (κ1) is 25.4. The lowest BCUT2D eigenvalue weighted by Crippen LogP contribution is -2.25. The fourth-order valence-electron chi connectivity index (χ4n) is 3.90. The van der Waals surface area contributed by atoms with Gasteiger partial charge in [-0.15, -0.1) is 0 Å². The molecule has 0 aliphatic heterocycles. The zero-order valence-corrected chi connectivity index (χ0v) is 20.9. The summed E-state index contributed by atoms with van der Waals surface area (Å²) in [5.41, 5.74) is 0.594. The number of carbonyl (C=O) groups excluding carboxylic acids is 3. The van der Waals surface area contributed by atoms with Crippen LogP contribution in [0.25, 0.3) is 10.1 Å². The van der Waals surface area contributed by atoms with Gasteiger partial charge in [-0.3, -0.25) is 14.4 Å². The smallest absolute Gasteiger partial charge is 0.287 e. The van der Waals surface area contributed by atoms with Crippen molar-refractivity contribution >= 4 is 56.6 Å². The number of benzene rings is 2. The van der Waals surface area contributed by atoms with Crippen molar-refractivity contribution in [3.8, 4) is 0 Å². The monoisotopic (exact) mass is 531 g/mol. The molecular formula is C24H20ClF2N5O3S. The molecule has 8 nitrogen and oxygen atoms in total. The number of aromatic nitrogens is 3. The molecule has 0 aliphatic carbocycles. The number of Topliss-reactive ketones (excluding diaryl/α,β-unsaturated/α-hetero) is 1. The molecule has 4 aromatic rings. The molecule has 0 spiro atoms. The number of carbonyl (C=O) groups is 3. The van der Waals surface area contributed by atoms with Gasteiger partial charge in [0.25, 0.3) is 11.8 Å². The molecule has 1 atom stereocenters. The van der Waals surface area contributed by atoms with Crippen molar-refractivity contribution in [1.82, 2.24) is 19.2 Å². The number of nitrogens with one attached hydrogen (secondary N) is 2. The van der Waals surface area contributed by atoms with Crippen LogP contribution in [0, 0.1) is 11.6 Å². The highest BCUT2D eigenvalue weighted by Gasteiger charge is 2.29. The molecule has 2 aromatic heterocycles. The van der Waals surface area contributed by atoms with E-state index in [0.29, 0.717) is 15.6 Å². The molecule has 36 heavy (non-hydrogen) atoms. The van der Waals surface area contributed by atoms with E-state index in [9.17, 15) is 23.2 Å². The van der Waals surface area contributed by atoms with Crippen LogP contribution in [0.2, 0.25) is 5.02 Å². The van der Waals surface area contributed by atoms with E-state index in [1.54, 1.807) is 6.92 Å². The molecule has 0 aliphatic rings. The molecule has 0 unspecified atom stereocenters. The van der Waals surface area contributed by atoms with E-state index in [2.05, 4.69) is 20.0 Å². The first-order chi connectivity index (χ1) is 17.1. The molecule has 0 saturated carbocycles. The van der Waals surface area contributed by atoms with E-state index < -0.39 is 29.4 Å². The first-order valence-electron chi connectivity index (χ1n) is 10.7. The number of rotatable bonds is 7. The van der Waals surface area contributed by atoms with Crippen LogP contribution in [0.4, 0.5) is 14.6 Å². The lowest BCUT2D eigenvalue weighted by atomic mass is 9.96. The van der Waals surface area contributed by atoms with Crippen molar-refractivity contribution in [2.45, 2.75) is 26.3 Å². The third kappa shape index (κ3) is 4.84. The normalized spacial score (nSPS) is 11.9. The summed E-state index contributed by atoms with van der Waals surface area (Å²) in [5.74, 6) is -3.50. The predicted octanol–water partition coefficient (Wildman–Crippen LogP) is 4.78. The van der Waals surface area contributed by atoms with Gasteiger partial charge in [-0.05, 0) is 60.4 Å². The fourth-order valence-corrected chi connectivity index (χ4v) is 4.93. The van der Waals surface area contributed by atoms with Crippen LogP contribution in [-0.2, 0) is 11.3 Å². The second-order valence-corrected chi connectivity index (χ2v) is 9.26. The Hall–Kier alpha value is -3.70. The predicted molar refractivity (Wildman–Crippen MR) is 133 cm³/mol. The van der Waals surface area contributed by atoms with Gasteiger partial charge < -0.3 is 15.2 Å². The highest BCUT2D eigenvalue weighted by molar-refractivity contribution is 7.13. The minimum absolute atomic E-state index is 0.0282. The van der Waals surface area contributed by atoms with Crippen molar-refractivity contribution in [3.63, 3.8) is 0 Å². The molecule has 2 N–H and O–H groups in total. The first-order valence-corrected chi connectivity index (χ1v) is 11.9. The Balaban J connectivity index is 1.87. The van der Waals surface area contributed by atoms with E-state index in [1.165, 1.54) is 54.9 Å². The second kappa shape index (κ2) is 10.1. The number of imidazole rings is 1. The van der Waals surface area contributed by atoms with Crippen molar-refractivity contribution < 1.29 is 23.2 Å². The lowest BCUT2D eigenvalue weighted by Gasteiger charge is -2.19. The Morgan fingerprint density at radius 2 is 1.81 bits per heavy atom. The molecule has 2 aromatic carbocycles. The Bertz CT molecular complexity index is 1520. The minimum atomic E-state index is -0.696. The van der Waals surface area contributed by atoms with Crippen molar-refractivity contribution in [3.05, 3.63) is 75.8 Å². The average Bonchev–Trinajstić information content (AvgIpc) is 3.40. The summed E-state index contributed by atoms with van der Waals surface area (Å²) in [5, 5.41) is 5.67. The van der Waals surface area contributed by atoms with E-state index in [1.807, 2.05) is 0 Å². The average molecular weight is 532 g/mol. The van der Waals surface area contributed by atoms with Gasteiger partial charge in [0.2, 0.25) is 5.82 Å². The molecule has 2 heterocycles. The topological polar surface area (TPSA) is 106 Å². The lowest BCUT2D eigenvalue weighted by molar-refractivity contribution is -0.117. The SMILES string of the molecule is CNC(=O)c1nc(NC(=O)c2nsc3ccc(F)cc23)c([C@@H](C)c2cc(F)ccc2Cl)n1CC(C)=O. The fraction of sp³-hybridized carbons (Fsp3) is 0.208. The van der Waals surface area contributed by atoms with Gasteiger partial charge in [0, 0.05) is 23.4 Å². The van der Waals surface area contributed by atoms with Gasteiger partial charge in [-0.1, -0.05) is 18.5 Å². The van der Waals surface area contributed by atoms with Gasteiger partial charge in [-0.2, -0.15) is 4.37 Å². The molecule has 0 saturated heterocycles. The Kier molecular flexibility index (Phi) is 7.14. The number of halogens is 3. The van der Waals surface area contributed by atoms with Crippen LogP contribution in [0.15, 0.2) is 36.4 Å². The number of nitrogens with zero attached hydrogens (tertiary/aromatic N) is 3. The molecule has 12 heteroatoms. The van der Waals surface area contributed by atoms with Crippen molar-refractivity contribution in [1.29, 1.82) is 0 Å². The highest BCUT2D eigenvalue weighted by Crippen LogP contribution is 2.36. The van der Waals surface area contributed by atoms with E-state index in [0.717, 1.165) is 11.5 Å². The quantitative estimate of drug-likeness (QED) is 0.357. The standard InChI is InChI=1S/C24H20ClF2N5O3S/c1-11(33)10-32-20(12(2)15-8-13(26)4-6-17(15)25)21(29-22(32)24(35)28-3)30-23(34)19-16-9-14(27)5-7-18(16)36-31-19/h4-9,12H,10H2,1-3H3,(H,28,35)(H,30,34)/t12-/m0/s1. The zero-order chi connectivity index (χ0) is 26.1. The molecule has 0 fully saturated rings. The van der Waals surface area contributed by atoms with E-state index in [-0.39, 0.29) is 40.4 Å². The third-order valence-corrected chi connectivity index (χ3v) is 6.70. The number of ketones is 1. The highest BCUT2D eigenvalue weighted by atomic mass is 35.5. The summed E-state index contributed by atoms with van der Waals surface area (Å²) < 4.78 is 34.0. The maximum absolute atomic E-state index is 14.1. The van der Waals surface area contributed by atoms with Gasteiger partial charge >= 0.3 is 0 Å². The zero-order valence-electron chi connectivity index (χ0n) is 19.4. The summed E-state index contributed by atoms with van der Waals surface area (Å²) in [6, 6.07) is 7.82. The number of anilines is 1. The number of amides is 2. The van der Waals surface area contributed by atoms with Crippen LogP contribution in [0.3, 0.4) is 0 Å². The van der Waals surface area contributed by atoms with Crippen molar-refractivity contribution in [2.24, 2.45) is 0 Å². The number of fused-ring (bicyclic) bond motifs is 1. The van der Waals surface area contributed by atoms with Crippen LogP contribution >= 0.6 is 23.1 Å². The van der Waals surface area contributed by atoms with Gasteiger partial charge in [0.1, 0.15) is 23.1 Å². The number of hydrogen-bond donors (Lipinski definition) is 2. The maximum Gasteiger partial charge on any atom is 0.287 e. The molecule has 2 amide bonds. The Morgan fingerprint density at radius 3 is 2.50 bits per heavy atom. The summed E-state index contributed by atoms with van der Waals surface area (Å²) >= 11 is 7.37. The van der Waals surface area contributed by atoms with Gasteiger partial charge in [-0.25, -0.2) is 13.8 Å². The maximum atomic E-state index is 14.1. The van der Waals surface area contributed by atoms with E-state index >= 15 is 0 Å². The van der Waals surface area contributed by atoms with Crippen molar-refractivity contribution in [2.75, 3.05) is 12.4 Å². The summed E-state index contributed by atoms with van der Waals surface area (Å²) in [4.78, 5) is 42.3. The molecule has 0 radical (unpaired) electrons. The molecule has 0 bridgehead atoms. The largest absolute Gasteiger partial charge is 0.352 e. The Morgan fingerprint density at radius 1 is 1.11 bits per heavy atom. The second-order valence-electron chi connectivity index (χ2n) is 8.05. The van der Waals surface area contributed by atoms with Gasteiger partial charge in [0.15, 0.2) is 5.82 Å². The van der Waals surface area contributed by atoms with E-state index in [4.69, 9.17) is 11.6 Å². The Labute approximate surface area is 213 Å². The molecule has 186 valence electrons. The van der Waals surface area contributed by atoms with Crippen LogP contribution in [-0.4, -0.2) is 38.6 Å². The number of hydrogen-bond acceptors (Lipinski definition) is 6. The third-order valence-electron chi connectivity index (χ3n) is 5.53. The summed E-state index contributed by atoms with van der Waals surface area (Å²) in [6.07, 6.45) is 0. The van der Waals surface area contributed by atoms with Crippen LogP contribution in [0.1, 0.15) is 52.1 Å². The summed E-state index contributed by atoms with van der Waals surface area (Å²) in [7, 11) is 1.40. The summed E-state index contributed by atoms with van der Waals surface area (Å²) in [6.45, 7) is 2.79. The van der Waals surface area contributed by atoms with Crippen LogP contribution < -0.4 is 10.6 Å². The van der Waals surface area contributed by atoms with Gasteiger partial charge in [0.05, 0.1) is 16.9 Å². The molecule has 4 rings (SSSR count).